The Kier molecular flexibility index (Phi) is 10.8. The first kappa shape index (κ1) is 31.6. The van der Waals surface area contributed by atoms with E-state index in [0.717, 1.165) is 91.4 Å². The number of ether oxygens (including phenoxy) is 2. The summed E-state index contributed by atoms with van der Waals surface area (Å²) in [6.45, 7) is 1.01. The lowest BCUT2D eigenvalue weighted by atomic mass is 10.1. The maximum absolute atomic E-state index is 6.47. The zero-order valence-corrected chi connectivity index (χ0v) is 28.9. The highest BCUT2D eigenvalue weighted by molar-refractivity contribution is 7.98. The van der Waals surface area contributed by atoms with Crippen molar-refractivity contribution in [2.24, 2.45) is 0 Å². The van der Waals surface area contributed by atoms with Crippen LogP contribution in [0.3, 0.4) is 0 Å². The molecule has 234 valence electrons. The molecule has 8 heteroatoms. The number of fused-ring (bicyclic) bond motifs is 8. The van der Waals surface area contributed by atoms with Crippen molar-refractivity contribution >= 4 is 47.0 Å². The summed E-state index contributed by atoms with van der Waals surface area (Å²) < 4.78 is 12.9. The van der Waals surface area contributed by atoms with Gasteiger partial charge in [0.1, 0.15) is 24.7 Å². The summed E-state index contributed by atoms with van der Waals surface area (Å²) in [5, 5.41) is 0. The topological polar surface area (TPSA) is 44.2 Å². The summed E-state index contributed by atoms with van der Waals surface area (Å²) in [4.78, 5) is 9.65. The first-order valence-electron chi connectivity index (χ1n) is 15.5. The Labute approximate surface area is 288 Å². The molecular weight excluding hydrogens is 645 g/mol. The molecule has 46 heavy (non-hydrogen) atoms. The van der Waals surface area contributed by atoms with Gasteiger partial charge in [0.2, 0.25) is 0 Å². The standard InChI is InChI=1S/C38H36N2O2S4/c1-2-6-32(18-42-38-15-29-12-30(16-38)22-46-26-36-10-4-9-35(40-36)25-45-21-29)31(5-1)17-41-37-13-27-11-28(14-37)20-44-24-34-8-3-7-33(39-34)23-43-19-27/h1-16H,17-26H2. The Balaban J connectivity index is 1.01. The number of thioether (sulfide) groups is 4. The molecule has 2 aliphatic heterocycles. The Morgan fingerprint density at radius 2 is 0.761 bits per heavy atom. The van der Waals surface area contributed by atoms with Crippen molar-refractivity contribution in [3.63, 3.8) is 0 Å². The van der Waals surface area contributed by atoms with Gasteiger partial charge < -0.3 is 9.47 Å². The van der Waals surface area contributed by atoms with Gasteiger partial charge >= 0.3 is 0 Å². The minimum absolute atomic E-state index is 0.504. The molecule has 0 atom stereocenters. The average Bonchev–Trinajstić information content (AvgIpc) is 3.06. The monoisotopic (exact) mass is 680 g/mol. The lowest BCUT2D eigenvalue weighted by Crippen LogP contribution is -2.05. The van der Waals surface area contributed by atoms with Crippen molar-refractivity contribution in [3.8, 4) is 11.5 Å². The molecule has 4 nitrogen and oxygen atoms in total. The number of hydrogen-bond acceptors (Lipinski definition) is 8. The van der Waals surface area contributed by atoms with Gasteiger partial charge in [0.05, 0.1) is 22.8 Å². The van der Waals surface area contributed by atoms with Crippen LogP contribution in [0.1, 0.15) is 56.2 Å². The van der Waals surface area contributed by atoms with E-state index in [-0.39, 0.29) is 0 Å². The highest BCUT2D eigenvalue weighted by atomic mass is 32.2. The van der Waals surface area contributed by atoms with E-state index in [4.69, 9.17) is 19.4 Å². The second kappa shape index (κ2) is 15.7. The summed E-state index contributed by atoms with van der Waals surface area (Å²) in [5.41, 5.74) is 12.1. The van der Waals surface area contributed by atoms with Crippen molar-refractivity contribution in [2.75, 3.05) is 0 Å². The van der Waals surface area contributed by atoms with Crippen LogP contribution in [-0.2, 0) is 59.2 Å². The van der Waals surface area contributed by atoms with Gasteiger partial charge in [-0.05, 0) is 81.9 Å². The predicted octanol–water partition coefficient (Wildman–Crippen LogP) is 9.99. The number of aromatic nitrogens is 2. The van der Waals surface area contributed by atoms with Crippen LogP contribution in [0.5, 0.6) is 11.5 Å². The third kappa shape index (κ3) is 8.85. The van der Waals surface area contributed by atoms with E-state index in [1.807, 2.05) is 47.0 Å². The molecule has 0 fully saturated rings. The van der Waals surface area contributed by atoms with Crippen LogP contribution in [0.2, 0.25) is 0 Å². The molecule has 0 saturated heterocycles. The molecule has 3 aromatic carbocycles. The molecular formula is C38H36N2O2S4. The van der Waals surface area contributed by atoms with E-state index >= 15 is 0 Å². The first-order valence-corrected chi connectivity index (χ1v) is 20.1. The van der Waals surface area contributed by atoms with Gasteiger partial charge in [-0.15, -0.1) is 0 Å². The van der Waals surface area contributed by atoms with Crippen molar-refractivity contribution in [3.05, 3.63) is 153 Å². The van der Waals surface area contributed by atoms with Gasteiger partial charge in [0, 0.05) is 46.0 Å². The number of nitrogens with zero attached hydrogens (tertiary/aromatic N) is 2. The average molecular weight is 681 g/mol. The molecule has 2 aliphatic rings. The summed E-state index contributed by atoms with van der Waals surface area (Å²) in [6, 6.07) is 34.7. The van der Waals surface area contributed by atoms with Crippen molar-refractivity contribution in [1.82, 2.24) is 9.97 Å². The van der Waals surface area contributed by atoms with Crippen LogP contribution in [0.4, 0.5) is 0 Å². The normalized spacial score (nSPS) is 15.0. The molecule has 4 heterocycles. The van der Waals surface area contributed by atoms with Gasteiger partial charge in [-0.25, -0.2) is 0 Å². The van der Waals surface area contributed by atoms with E-state index in [9.17, 15) is 0 Å². The van der Waals surface area contributed by atoms with Crippen molar-refractivity contribution in [2.45, 2.75) is 59.2 Å². The van der Waals surface area contributed by atoms with Crippen molar-refractivity contribution < 1.29 is 9.47 Å². The van der Waals surface area contributed by atoms with E-state index in [0.29, 0.717) is 13.2 Å². The van der Waals surface area contributed by atoms with Gasteiger partial charge in [-0.2, -0.15) is 47.0 Å². The van der Waals surface area contributed by atoms with Crippen LogP contribution in [0.25, 0.3) is 0 Å². The third-order valence-corrected chi connectivity index (χ3v) is 11.9. The molecule has 0 spiro atoms. The van der Waals surface area contributed by atoms with E-state index < -0.39 is 0 Å². The second-order valence-corrected chi connectivity index (χ2v) is 15.5. The van der Waals surface area contributed by atoms with Gasteiger partial charge in [-0.1, -0.05) is 48.5 Å². The van der Waals surface area contributed by atoms with Crippen LogP contribution in [0, 0.1) is 0 Å². The smallest absolute Gasteiger partial charge is 0.120 e. The fraction of sp³-hybridized carbons (Fsp3) is 0.263. The van der Waals surface area contributed by atoms with Gasteiger partial charge in [0.15, 0.2) is 0 Å². The molecule has 0 radical (unpaired) electrons. The lowest BCUT2D eigenvalue weighted by Gasteiger charge is -2.16. The van der Waals surface area contributed by atoms with Crippen molar-refractivity contribution in [1.29, 1.82) is 0 Å². The largest absolute Gasteiger partial charge is 0.489 e. The van der Waals surface area contributed by atoms with Gasteiger partial charge in [0.25, 0.3) is 0 Å². The Hall–Kier alpha value is -3.04. The molecule has 0 amide bonds. The molecule has 7 rings (SSSR count). The summed E-state index contributed by atoms with van der Waals surface area (Å²) in [6.07, 6.45) is 0. The lowest BCUT2D eigenvalue weighted by molar-refractivity contribution is 0.285. The zero-order valence-electron chi connectivity index (χ0n) is 25.7. The minimum Gasteiger partial charge on any atom is -0.489 e. The van der Waals surface area contributed by atoms with E-state index in [1.54, 1.807) is 0 Å². The molecule has 8 bridgehead atoms. The Morgan fingerprint density at radius 3 is 1.11 bits per heavy atom. The third-order valence-electron chi connectivity index (χ3n) is 7.76. The molecule has 0 unspecified atom stereocenters. The zero-order chi connectivity index (χ0) is 31.0. The molecule has 0 saturated carbocycles. The number of rotatable bonds is 6. The Bertz CT molecular complexity index is 1580. The van der Waals surface area contributed by atoms with Crippen LogP contribution in [0.15, 0.2) is 97.1 Å². The Morgan fingerprint density at radius 1 is 0.413 bits per heavy atom. The highest BCUT2D eigenvalue weighted by Crippen LogP contribution is 2.30. The van der Waals surface area contributed by atoms with E-state index in [1.165, 1.54) is 22.3 Å². The number of hydrogen-bond donors (Lipinski definition) is 0. The molecule has 5 aromatic rings. The highest BCUT2D eigenvalue weighted by Gasteiger charge is 2.11. The molecule has 2 aromatic heterocycles. The summed E-state index contributed by atoms with van der Waals surface area (Å²) in [5.74, 6) is 9.28. The van der Waals surface area contributed by atoms with Crippen LogP contribution >= 0.6 is 47.0 Å². The fourth-order valence-electron chi connectivity index (χ4n) is 5.59. The van der Waals surface area contributed by atoms with Gasteiger partial charge in [-0.3, -0.25) is 9.97 Å². The fourth-order valence-corrected chi connectivity index (χ4v) is 9.09. The number of benzene rings is 3. The van der Waals surface area contributed by atoms with Crippen LogP contribution < -0.4 is 9.47 Å². The SMILES string of the molecule is c1cc2nc(c1)CSCc1cc(cc(OCc3ccccc3COc3cc4cc(c3)CSCc3cccc(n3)CSC4)c1)CSC2. The summed E-state index contributed by atoms with van der Waals surface area (Å²) >= 11 is 7.62. The minimum atomic E-state index is 0.504. The first-order chi connectivity index (χ1) is 22.7. The maximum Gasteiger partial charge on any atom is 0.120 e. The number of pyridine rings is 2. The van der Waals surface area contributed by atoms with Crippen LogP contribution in [-0.4, -0.2) is 9.97 Å². The summed E-state index contributed by atoms with van der Waals surface area (Å²) in [7, 11) is 0. The van der Waals surface area contributed by atoms with E-state index in [2.05, 4.69) is 97.1 Å². The quantitative estimate of drug-likeness (QED) is 0.176. The predicted molar refractivity (Wildman–Crippen MR) is 196 cm³/mol. The molecule has 0 N–H and O–H groups in total. The maximum atomic E-state index is 6.47. The molecule has 0 aliphatic carbocycles. The second-order valence-electron chi connectivity index (χ2n) is 11.5.